The van der Waals surface area contributed by atoms with Gasteiger partial charge in [0.25, 0.3) is 0 Å². The number of aryl methyl sites for hydroxylation is 1. The minimum absolute atomic E-state index is 0.321. The second kappa shape index (κ2) is 6.37. The van der Waals surface area contributed by atoms with Gasteiger partial charge in [-0.15, -0.1) is 0 Å². The summed E-state index contributed by atoms with van der Waals surface area (Å²) >= 11 is 0. The van der Waals surface area contributed by atoms with E-state index < -0.39 is 0 Å². The van der Waals surface area contributed by atoms with Crippen molar-refractivity contribution in [3.8, 4) is 5.75 Å². The summed E-state index contributed by atoms with van der Waals surface area (Å²) in [5.41, 5.74) is 2.09. The van der Waals surface area contributed by atoms with Gasteiger partial charge < -0.3 is 10.1 Å². The Bertz CT molecular complexity index is 582. The number of para-hydroxylation sites is 1. The molecular formula is C16H21N3O. The molecule has 4 nitrogen and oxygen atoms in total. The van der Waals surface area contributed by atoms with E-state index in [9.17, 15) is 0 Å². The Morgan fingerprint density at radius 2 is 1.95 bits per heavy atom. The molecule has 0 bridgehead atoms. The first-order chi connectivity index (χ1) is 9.60. The summed E-state index contributed by atoms with van der Waals surface area (Å²) in [6.07, 6.45) is 0. The van der Waals surface area contributed by atoms with Crippen LogP contribution < -0.4 is 10.1 Å². The Kier molecular flexibility index (Phi) is 4.56. The number of benzene rings is 1. The van der Waals surface area contributed by atoms with Crippen LogP contribution in [0.4, 0.5) is 5.82 Å². The van der Waals surface area contributed by atoms with Crippen LogP contribution >= 0.6 is 0 Å². The summed E-state index contributed by atoms with van der Waals surface area (Å²) in [5.74, 6) is 2.93. The van der Waals surface area contributed by atoms with Crippen LogP contribution in [0.5, 0.6) is 5.75 Å². The lowest BCUT2D eigenvalue weighted by molar-refractivity contribution is 0.410. The Balaban J connectivity index is 2.14. The highest BCUT2D eigenvalue weighted by molar-refractivity contribution is 5.40. The van der Waals surface area contributed by atoms with Crippen molar-refractivity contribution in [3.63, 3.8) is 0 Å². The van der Waals surface area contributed by atoms with E-state index in [0.29, 0.717) is 12.5 Å². The lowest BCUT2D eigenvalue weighted by Gasteiger charge is -2.12. The van der Waals surface area contributed by atoms with Gasteiger partial charge in [0.2, 0.25) is 0 Å². The summed E-state index contributed by atoms with van der Waals surface area (Å²) in [5, 5.41) is 3.34. The number of anilines is 1. The fraction of sp³-hybridized carbons (Fsp3) is 0.375. The fourth-order valence-electron chi connectivity index (χ4n) is 1.98. The van der Waals surface area contributed by atoms with Crippen LogP contribution in [0.1, 0.15) is 36.8 Å². The molecule has 0 atom stereocenters. The van der Waals surface area contributed by atoms with Gasteiger partial charge in [0, 0.05) is 29.8 Å². The lowest BCUT2D eigenvalue weighted by atomic mass is 10.2. The maximum atomic E-state index is 5.35. The van der Waals surface area contributed by atoms with Gasteiger partial charge in [0.15, 0.2) is 0 Å². The summed E-state index contributed by atoms with van der Waals surface area (Å²) in [6, 6.07) is 9.94. The zero-order valence-corrected chi connectivity index (χ0v) is 12.5. The molecule has 106 valence electrons. The Labute approximate surface area is 120 Å². The molecule has 2 aromatic rings. The quantitative estimate of drug-likeness (QED) is 0.903. The zero-order chi connectivity index (χ0) is 14.5. The van der Waals surface area contributed by atoms with Crippen LogP contribution in [-0.4, -0.2) is 17.1 Å². The van der Waals surface area contributed by atoms with Crippen molar-refractivity contribution in [2.24, 2.45) is 0 Å². The Morgan fingerprint density at radius 1 is 1.20 bits per heavy atom. The first-order valence-corrected chi connectivity index (χ1v) is 6.81. The summed E-state index contributed by atoms with van der Waals surface area (Å²) in [7, 11) is 1.69. The Hall–Kier alpha value is -2.10. The number of rotatable bonds is 5. The standard InChI is InChI=1S/C16H21N3O/c1-11(2)16-18-12(3)9-15(19-16)17-10-13-7-5-6-8-14(13)20-4/h5-9,11H,10H2,1-4H3,(H,17,18,19). The average molecular weight is 271 g/mol. The van der Waals surface area contributed by atoms with Gasteiger partial charge in [0.1, 0.15) is 17.4 Å². The highest BCUT2D eigenvalue weighted by Crippen LogP contribution is 2.19. The number of nitrogens with one attached hydrogen (secondary N) is 1. The largest absolute Gasteiger partial charge is 0.496 e. The van der Waals surface area contributed by atoms with Gasteiger partial charge in [-0.3, -0.25) is 0 Å². The number of methoxy groups -OCH3 is 1. The molecule has 0 aliphatic carbocycles. The third-order valence-corrected chi connectivity index (χ3v) is 3.04. The molecule has 1 N–H and O–H groups in total. The van der Waals surface area contributed by atoms with Crippen molar-refractivity contribution < 1.29 is 4.74 Å². The minimum atomic E-state index is 0.321. The second-order valence-electron chi connectivity index (χ2n) is 5.07. The predicted octanol–water partition coefficient (Wildman–Crippen LogP) is 3.53. The molecule has 0 saturated carbocycles. The van der Waals surface area contributed by atoms with Gasteiger partial charge in [0.05, 0.1) is 7.11 Å². The molecule has 2 rings (SSSR count). The topological polar surface area (TPSA) is 47.0 Å². The Morgan fingerprint density at radius 3 is 2.65 bits per heavy atom. The van der Waals surface area contributed by atoms with Gasteiger partial charge in [-0.25, -0.2) is 9.97 Å². The van der Waals surface area contributed by atoms with E-state index in [2.05, 4.69) is 29.1 Å². The molecule has 1 aromatic heterocycles. The van der Waals surface area contributed by atoms with Crippen molar-refractivity contribution in [2.75, 3.05) is 12.4 Å². The zero-order valence-electron chi connectivity index (χ0n) is 12.5. The summed E-state index contributed by atoms with van der Waals surface area (Å²) in [6.45, 7) is 6.86. The van der Waals surface area contributed by atoms with Gasteiger partial charge >= 0.3 is 0 Å². The van der Waals surface area contributed by atoms with Gasteiger partial charge in [-0.1, -0.05) is 32.0 Å². The van der Waals surface area contributed by atoms with Crippen LogP contribution in [0.2, 0.25) is 0 Å². The summed E-state index contributed by atoms with van der Waals surface area (Å²) in [4.78, 5) is 8.99. The molecular weight excluding hydrogens is 250 g/mol. The normalized spacial score (nSPS) is 10.7. The molecule has 0 aliphatic heterocycles. The van der Waals surface area contributed by atoms with Crippen LogP contribution in [0.25, 0.3) is 0 Å². The van der Waals surface area contributed by atoms with E-state index in [1.54, 1.807) is 7.11 Å². The number of ether oxygens (including phenoxy) is 1. The van der Waals surface area contributed by atoms with Gasteiger partial charge in [-0.2, -0.15) is 0 Å². The highest BCUT2D eigenvalue weighted by atomic mass is 16.5. The molecule has 0 fully saturated rings. The minimum Gasteiger partial charge on any atom is -0.496 e. The molecule has 4 heteroatoms. The van der Waals surface area contributed by atoms with Crippen LogP contribution in [-0.2, 0) is 6.54 Å². The van der Waals surface area contributed by atoms with Crippen molar-refractivity contribution in [3.05, 3.63) is 47.4 Å². The molecule has 0 radical (unpaired) electrons. The number of hydrogen-bond acceptors (Lipinski definition) is 4. The third-order valence-electron chi connectivity index (χ3n) is 3.04. The number of aromatic nitrogens is 2. The highest BCUT2D eigenvalue weighted by Gasteiger charge is 2.07. The average Bonchev–Trinajstić information content (AvgIpc) is 2.44. The molecule has 0 spiro atoms. The second-order valence-corrected chi connectivity index (χ2v) is 5.07. The molecule has 0 unspecified atom stereocenters. The van der Waals surface area contributed by atoms with Crippen molar-refractivity contribution in [2.45, 2.75) is 33.2 Å². The van der Waals surface area contributed by atoms with Crippen LogP contribution in [0.15, 0.2) is 30.3 Å². The smallest absolute Gasteiger partial charge is 0.133 e. The SMILES string of the molecule is COc1ccccc1CNc1cc(C)nc(C(C)C)n1. The number of hydrogen-bond donors (Lipinski definition) is 1. The fourth-order valence-corrected chi connectivity index (χ4v) is 1.98. The maximum absolute atomic E-state index is 5.35. The lowest BCUT2D eigenvalue weighted by Crippen LogP contribution is -2.07. The number of nitrogens with zero attached hydrogens (tertiary/aromatic N) is 2. The first kappa shape index (κ1) is 14.3. The van der Waals surface area contributed by atoms with Crippen LogP contribution in [0, 0.1) is 6.92 Å². The van der Waals surface area contributed by atoms with E-state index in [-0.39, 0.29) is 0 Å². The van der Waals surface area contributed by atoms with E-state index >= 15 is 0 Å². The van der Waals surface area contributed by atoms with Crippen molar-refractivity contribution >= 4 is 5.82 Å². The van der Waals surface area contributed by atoms with E-state index in [1.165, 1.54) is 0 Å². The molecule has 0 amide bonds. The molecule has 0 saturated heterocycles. The molecule has 20 heavy (non-hydrogen) atoms. The molecule has 1 aromatic carbocycles. The van der Waals surface area contributed by atoms with Crippen molar-refractivity contribution in [1.29, 1.82) is 0 Å². The first-order valence-electron chi connectivity index (χ1n) is 6.81. The third kappa shape index (κ3) is 3.47. The molecule has 0 aliphatic rings. The molecule has 1 heterocycles. The van der Waals surface area contributed by atoms with Crippen LogP contribution in [0.3, 0.4) is 0 Å². The predicted molar refractivity (Wildman–Crippen MR) is 81.2 cm³/mol. The van der Waals surface area contributed by atoms with Gasteiger partial charge in [-0.05, 0) is 13.0 Å². The van der Waals surface area contributed by atoms with Crippen molar-refractivity contribution in [1.82, 2.24) is 9.97 Å². The maximum Gasteiger partial charge on any atom is 0.133 e. The monoisotopic (exact) mass is 271 g/mol. The van der Waals surface area contributed by atoms with E-state index in [4.69, 9.17) is 4.74 Å². The van der Waals surface area contributed by atoms with E-state index in [1.807, 2.05) is 37.3 Å². The summed E-state index contributed by atoms with van der Waals surface area (Å²) < 4.78 is 5.35. The van der Waals surface area contributed by atoms with E-state index in [0.717, 1.165) is 28.6 Å².